The van der Waals surface area contributed by atoms with E-state index in [9.17, 15) is 0 Å². The second-order valence-corrected chi connectivity index (χ2v) is 4.74. The van der Waals surface area contributed by atoms with E-state index < -0.39 is 0 Å². The first-order valence-corrected chi connectivity index (χ1v) is 6.17. The summed E-state index contributed by atoms with van der Waals surface area (Å²) in [5.74, 6) is 0.583. The summed E-state index contributed by atoms with van der Waals surface area (Å²) in [6, 6.07) is 9.76. The van der Waals surface area contributed by atoms with Crippen LogP contribution in [0.1, 0.15) is 0 Å². The van der Waals surface area contributed by atoms with Crippen LogP contribution in [0, 0.1) is 11.3 Å². The quantitative estimate of drug-likeness (QED) is 0.821. The predicted molar refractivity (Wildman–Crippen MR) is 74.9 cm³/mol. The molecule has 0 radical (unpaired) electrons. The van der Waals surface area contributed by atoms with Crippen molar-refractivity contribution in [2.24, 2.45) is 5.73 Å². The third-order valence-electron chi connectivity index (χ3n) is 3.21. The topological polar surface area (TPSA) is 65.1 Å². The van der Waals surface area contributed by atoms with Crippen LogP contribution in [0.25, 0.3) is 0 Å². The van der Waals surface area contributed by atoms with E-state index in [4.69, 9.17) is 22.6 Å². The third-order valence-corrected chi connectivity index (χ3v) is 3.53. The fraction of sp³-hybridized carbons (Fsp3) is 0.0714. The number of halogens is 1. The number of dihydropyridines is 1. The van der Waals surface area contributed by atoms with Gasteiger partial charge in [0.2, 0.25) is 0 Å². The first kappa shape index (κ1) is 11.7. The summed E-state index contributed by atoms with van der Waals surface area (Å²) >= 11 is 6.19. The van der Waals surface area contributed by atoms with Crippen LogP contribution >= 0.6 is 11.6 Å². The largest absolute Gasteiger partial charge is 0.385 e. The van der Waals surface area contributed by atoms with Gasteiger partial charge in [-0.25, -0.2) is 0 Å². The van der Waals surface area contributed by atoms with Gasteiger partial charge in [0.25, 0.3) is 0 Å². The van der Waals surface area contributed by atoms with Gasteiger partial charge < -0.3 is 16.0 Å². The summed E-state index contributed by atoms with van der Waals surface area (Å²) in [6.45, 7) is 0.608. The smallest absolute Gasteiger partial charge is 0.106 e. The second-order valence-electron chi connectivity index (χ2n) is 4.33. The molecule has 2 heterocycles. The van der Waals surface area contributed by atoms with Crippen molar-refractivity contribution >= 4 is 17.3 Å². The average molecular weight is 271 g/mol. The van der Waals surface area contributed by atoms with Crippen molar-refractivity contribution in [3.8, 4) is 6.07 Å². The molecule has 2 aliphatic heterocycles. The van der Waals surface area contributed by atoms with Gasteiger partial charge in [0.05, 0.1) is 22.8 Å². The lowest BCUT2D eigenvalue weighted by atomic mass is 10.0. The normalized spacial score (nSPS) is 17.4. The van der Waals surface area contributed by atoms with E-state index in [1.54, 1.807) is 6.20 Å². The summed E-state index contributed by atoms with van der Waals surface area (Å²) in [5.41, 5.74) is 9.21. The van der Waals surface area contributed by atoms with E-state index in [-0.39, 0.29) is 0 Å². The third kappa shape index (κ3) is 1.85. The molecule has 0 saturated heterocycles. The first-order chi connectivity index (χ1) is 9.20. The van der Waals surface area contributed by atoms with E-state index in [1.165, 1.54) is 0 Å². The van der Waals surface area contributed by atoms with Gasteiger partial charge >= 0.3 is 0 Å². The zero-order valence-electron chi connectivity index (χ0n) is 10.0. The minimum atomic E-state index is 0.582. The lowest BCUT2D eigenvalue weighted by Gasteiger charge is -2.18. The van der Waals surface area contributed by atoms with Crippen molar-refractivity contribution < 1.29 is 0 Å². The number of fused-ring (bicyclic) bond motifs is 1. The maximum Gasteiger partial charge on any atom is 0.106 e. The Morgan fingerprint density at radius 2 is 2.16 bits per heavy atom. The number of nitriles is 1. The van der Waals surface area contributed by atoms with Crippen molar-refractivity contribution in [2.45, 2.75) is 0 Å². The summed E-state index contributed by atoms with van der Waals surface area (Å²) in [7, 11) is 0. The molecule has 19 heavy (non-hydrogen) atoms. The van der Waals surface area contributed by atoms with Gasteiger partial charge in [0.15, 0.2) is 0 Å². The molecule has 0 saturated carbocycles. The number of hydrogen-bond acceptors (Lipinski definition) is 4. The number of allylic oxidation sites excluding steroid dienone is 1. The van der Waals surface area contributed by atoms with E-state index in [0.29, 0.717) is 23.0 Å². The van der Waals surface area contributed by atoms with Gasteiger partial charge in [0, 0.05) is 23.5 Å². The number of rotatable bonds is 1. The number of nitrogens with zero attached hydrogens (tertiary/aromatic N) is 2. The highest BCUT2D eigenvalue weighted by atomic mass is 35.5. The van der Waals surface area contributed by atoms with Crippen LogP contribution in [0.2, 0.25) is 5.02 Å². The molecule has 5 heteroatoms. The molecular formula is C14H11ClN4. The average Bonchev–Trinajstić information content (AvgIpc) is 2.85. The molecule has 3 rings (SSSR count). The summed E-state index contributed by atoms with van der Waals surface area (Å²) in [6.07, 6.45) is 3.54. The van der Waals surface area contributed by atoms with Crippen LogP contribution in [0.15, 0.2) is 59.2 Å². The molecule has 0 aliphatic carbocycles. The molecule has 0 amide bonds. The Morgan fingerprint density at radius 3 is 2.89 bits per heavy atom. The minimum Gasteiger partial charge on any atom is -0.385 e. The molecule has 0 atom stereocenters. The molecule has 0 aromatic heterocycles. The van der Waals surface area contributed by atoms with Crippen molar-refractivity contribution in [3.63, 3.8) is 0 Å². The van der Waals surface area contributed by atoms with Crippen LogP contribution < -0.4 is 16.0 Å². The Labute approximate surface area is 116 Å². The molecule has 1 aromatic rings. The Bertz CT molecular complexity index is 679. The fourth-order valence-electron chi connectivity index (χ4n) is 2.24. The SMILES string of the molecule is N#CC1=CNC(N)=C2CN(c3ccccc3Cl)C=C12. The number of para-hydroxylation sites is 1. The van der Waals surface area contributed by atoms with Crippen LogP contribution in [-0.2, 0) is 0 Å². The fourth-order valence-corrected chi connectivity index (χ4v) is 2.49. The lowest BCUT2D eigenvalue weighted by Crippen LogP contribution is -2.24. The van der Waals surface area contributed by atoms with Crippen molar-refractivity contribution in [3.05, 3.63) is 64.2 Å². The van der Waals surface area contributed by atoms with Crippen molar-refractivity contribution in [2.75, 3.05) is 11.4 Å². The Morgan fingerprint density at radius 1 is 1.37 bits per heavy atom. The Balaban J connectivity index is 2.05. The number of nitrogens with one attached hydrogen (secondary N) is 1. The summed E-state index contributed by atoms with van der Waals surface area (Å²) < 4.78 is 0. The maximum absolute atomic E-state index is 9.13. The van der Waals surface area contributed by atoms with E-state index >= 15 is 0 Å². The first-order valence-electron chi connectivity index (χ1n) is 5.80. The minimum absolute atomic E-state index is 0.582. The highest BCUT2D eigenvalue weighted by Crippen LogP contribution is 2.35. The van der Waals surface area contributed by atoms with Gasteiger partial charge in [-0.2, -0.15) is 5.26 Å². The van der Waals surface area contributed by atoms with Crippen LogP contribution in [0.3, 0.4) is 0 Å². The molecule has 94 valence electrons. The van der Waals surface area contributed by atoms with E-state index in [1.807, 2.05) is 35.4 Å². The molecule has 4 nitrogen and oxygen atoms in total. The molecule has 0 spiro atoms. The number of hydrogen-bond donors (Lipinski definition) is 2. The molecule has 1 aromatic carbocycles. The van der Waals surface area contributed by atoms with E-state index in [2.05, 4.69) is 11.4 Å². The molecule has 3 N–H and O–H groups in total. The molecule has 0 fully saturated rings. The molecular weight excluding hydrogens is 260 g/mol. The summed E-state index contributed by atoms with van der Waals surface area (Å²) in [5, 5.41) is 12.7. The van der Waals surface area contributed by atoms with E-state index in [0.717, 1.165) is 16.8 Å². The predicted octanol–water partition coefficient (Wildman–Crippen LogP) is 2.22. The molecule has 0 bridgehead atoms. The van der Waals surface area contributed by atoms with Crippen molar-refractivity contribution in [1.29, 1.82) is 5.26 Å². The second kappa shape index (κ2) is 4.38. The molecule has 0 unspecified atom stereocenters. The monoisotopic (exact) mass is 270 g/mol. The maximum atomic E-state index is 9.13. The summed E-state index contributed by atoms with van der Waals surface area (Å²) in [4.78, 5) is 2.00. The standard InChI is InChI=1S/C14H11ClN4/c15-12-3-1-2-4-13(12)19-7-10-9(5-16)6-18-14(17)11(10)8-19/h1-4,6-7,18H,8,17H2. The highest BCUT2D eigenvalue weighted by Gasteiger charge is 2.27. The number of anilines is 1. The van der Waals surface area contributed by atoms with Crippen LogP contribution in [0.4, 0.5) is 5.69 Å². The number of benzene rings is 1. The van der Waals surface area contributed by atoms with Gasteiger partial charge in [-0.1, -0.05) is 23.7 Å². The highest BCUT2D eigenvalue weighted by molar-refractivity contribution is 6.33. The van der Waals surface area contributed by atoms with Gasteiger partial charge in [-0.05, 0) is 12.1 Å². The van der Waals surface area contributed by atoms with Crippen LogP contribution in [-0.4, -0.2) is 6.54 Å². The van der Waals surface area contributed by atoms with Crippen molar-refractivity contribution in [1.82, 2.24) is 5.32 Å². The van der Waals surface area contributed by atoms with Gasteiger partial charge in [-0.3, -0.25) is 0 Å². The van der Waals surface area contributed by atoms with Crippen LogP contribution in [0.5, 0.6) is 0 Å². The Kier molecular flexibility index (Phi) is 2.69. The zero-order valence-corrected chi connectivity index (χ0v) is 10.8. The Hall–Kier alpha value is -2.38. The van der Waals surface area contributed by atoms with Gasteiger partial charge in [0.1, 0.15) is 11.9 Å². The zero-order chi connectivity index (χ0) is 13.4. The van der Waals surface area contributed by atoms with Gasteiger partial charge in [-0.15, -0.1) is 0 Å². The number of nitrogens with two attached hydrogens (primary N) is 1. The molecule has 2 aliphatic rings. The lowest BCUT2D eigenvalue weighted by molar-refractivity contribution is 0.947.